The number of carboxylic acid groups (broad SMARTS) is 1. The van der Waals surface area contributed by atoms with Crippen LogP contribution in [0.25, 0.3) is 0 Å². The molecule has 5 heteroatoms. The summed E-state index contributed by atoms with van der Waals surface area (Å²) in [6.07, 6.45) is 6.67. The molecule has 0 amide bonds. The van der Waals surface area contributed by atoms with Gasteiger partial charge in [0.15, 0.2) is 0 Å². The van der Waals surface area contributed by atoms with Crippen LogP contribution in [0.5, 0.6) is 0 Å². The zero-order valence-corrected chi connectivity index (χ0v) is 13.2. The molecule has 0 radical (unpaired) electrons. The molecule has 21 heavy (non-hydrogen) atoms. The van der Waals surface area contributed by atoms with Crippen molar-refractivity contribution < 1.29 is 25.2 Å². The zero-order valence-electron chi connectivity index (χ0n) is 13.2. The Kier molecular flexibility index (Phi) is 12.6. The van der Waals surface area contributed by atoms with Crippen molar-refractivity contribution in [1.82, 2.24) is 0 Å². The highest BCUT2D eigenvalue weighted by molar-refractivity contribution is 5.66. The molecule has 126 valence electrons. The highest BCUT2D eigenvalue weighted by Gasteiger charge is 2.15. The number of rotatable bonds is 14. The SMILES string of the molecule is CC(O)CCCC(O)C(O)CCCCCCCCC(=O)O. The van der Waals surface area contributed by atoms with Crippen LogP contribution in [-0.4, -0.2) is 44.7 Å². The Morgan fingerprint density at radius 1 is 0.762 bits per heavy atom. The van der Waals surface area contributed by atoms with Gasteiger partial charge in [0.2, 0.25) is 0 Å². The van der Waals surface area contributed by atoms with Crippen LogP contribution in [0, 0.1) is 0 Å². The normalized spacial score (nSPS) is 15.6. The van der Waals surface area contributed by atoms with Crippen LogP contribution in [0.3, 0.4) is 0 Å². The van der Waals surface area contributed by atoms with Crippen molar-refractivity contribution in [1.29, 1.82) is 0 Å². The average molecular weight is 304 g/mol. The minimum Gasteiger partial charge on any atom is -0.481 e. The van der Waals surface area contributed by atoms with Crippen molar-refractivity contribution in [3.8, 4) is 0 Å². The van der Waals surface area contributed by atoms with Gasteiger partial charge < -0.3 is 20.4 Å². The van der Waals surface area contributed by atoms with E-state index in [1.54, 1.807) is 6.92 Å². The van der Waals surface area contributed by atoms with E-state index in [0.29, 0.717) is 19.3 Å². The molecule has 0 aliphatic carbocycles. The molecule has 0 aromatic carbocycles. The summed E-state index contributed by atoms with van der Waals surface area (Å²) in [5, 5.41) is 37.2. The maximum absolute atomic E-state index is 10.3. The smallest absolute Gasteiger partial charge is 0.303 e. The second-order valence-corrected chi connectivity index (χ2v) is 5.97. The Morgan fingerprint density at radius 2 is 1.24 bits per heavy atom. The zero-order chi connectivity index (χ0) is 16.1. The number of hydrogen-bond donors (Lipinski definition) is 4. The number of aliphatic hydroxyl groups excluding tert-OH is 3. The van der Waals surface area contributed by atoms with Gasteiger partial charge in [-0.3, -0.25) is 4.79 Å². The summed E-state index contributed by atoms with van der Waals surface area (Å²) in [4.78, 5) is 10.3. The Hall–Kier alpha value is -0.650. The van der Waals surface area contributed by atoms with Crippen molar-refractivity contribution in [3.63, 3.8) is 0 Å². The number of unbranched alkanes of at least 4 members (excludes halogenated alkanes) is 5. The third-order valence-electron chi connectivity index (χ3n) is 3.71. The number of carbonyl (C=O) groups is 1. The fourth-order valence-electron chi connectivity index (χ4n) is 2.34. The van der Waals surface area contributed by atoms with Crippen LogP contribution in [0.1, 0.15) is 77.6 Å². The monoisotopic (exact) mass is 304 g/mol. The molecule has 0 heterocycles. The summed E-state index contributed by atoms with van der Waals surface area (Å²) in [5.41, 5.74) is 0. The van der Waals surface area contributed by atoms with E-state index in [4.69, 9.17) is 10.2 Å². The minimum absolute atomic E-state index is 0.247. The summed E-state index contributed by atoms with van der Waals surface area (Å²) in [6, 6.07) is 0. The van der Waals surface area contributed by atoms with E-state index in [1.165, 1.54) is 0 Å². The highest BCUT2D eigenvalue weighted by Crippen LogP contribution is 2.14. The van der Waals surface area contributed by atoms with Gasteiger partial charge in [-0.15, -0.1) is 0 Å². The fourth-order valence-corrected chi connectivity index (χ4v) is 2.34. The standard InChI is InChI=1S/C16H32O5/c1-13(17)9-8-11-15(19)14(18)10-6-4-2-3-5-7-12-16(20)21/h13-15,17-19H,2-12H2,1H3,(H,20,21). The Morgan fingerprint density at radius 3 is 1.76 bits per heavy atom. The average Bonchev–Trinajstić information content (AvgIpc) is 2.40. The van der Waals surface area contributed by atoms with Gasteiger partial charge in [-0.05, 0) is 39.0 Å². The lowest BCUT2D eigenvalue weighted by atomic mass is 10.00. The first-order valence-corrected chi connectivity index (χ1v) is 8.19. The van der Waals surface area contributed by atoms with Crippen molar-refractivity contribution in [2.24, 2.45) is 0 Å². The molecule has 0 aromatic heterocycles. The van der Waals surface area contributed by atoms with E-state index in [9.17, 15) is 15.0 Å². The fraction of sp³-hybridized carbons (Fsp3) is 0.938. The van der Waals surface area contributed by atoms with Crippen LogP contribution in [0.4, 0.5) is 0 Å². The van der Waals surface area contributed by atoms with E-state index in [-0.39, 0.29) is 12.5 Å². The lowest BCUT2D eigenvalue weighted by molar-refractivity contribution is -0.137. The van der Waals surface area contributed by atoms with Crippen LogP contribution >= 0.6 is 0 Å². The molecule has 5 nitrogen and oxygen atoms in total. The first-order valence-electron chi connectivity index (χ1n) is 8.19. The molecule has 0 aliphatic rings. The third-order valence-corrected chi connectivity index (χ3v) is 3.71. The van der Waals surface area contributed by atoms with Gasteiger partial charge in [0, 0.05) is 6.42 Å². The molecule has 0 aromatic rings. The first-order chi connectivity index (χ1) is 9.93. The topological polar surface area (TPSA) is 98.0 Å². The summed E-state index contributed by atoms with van der Waals surface area (Å²) in [6.45, 7) is 1.72. The van der Waals surface area contributed by atoms with Gasteiger partial charge in [-0.1, -0.05) is 32.1 Å². The van der Waals surface area contributed by atoms with Crippen LogP contribution < -0.4 is 0 Å². The Balaban J connectivity index is 3.39. The molecular weight excluding hydrogens is 272 g/mol. The predicted molar refractivity (Wildman–Crippen MR) is 82.1 cm³/mol. The second kappa shape index (κ2) is 13.0. The van der Waals surface area contributed by atoms with Gasteiger partial charge in [0.1, 0.15) is 0 Å². The molecular formula is C16H32O5. The second-order valence-electron chi connectivity index (χ2n) is 5.97. The van der Waals surface area contributed by atoms with Crippen molar-refractivity contribution >= 4 is 5.97 Å². The lowest BCUT2D eigenvalue weighted by Crippen LogP contribution is -2.25. The number of aliphatic hydroxyl groups is 3. The molecule has 0 spiro atoms. The molecule has 4 N–H and O–H groups in total. The largest absolute Gasteiger partial charge is 0.481 e. The summed E-state index contributed by atoms with van der Waals surface area (Å²) in [5.74, 6) is -0.734. The maximum Gasteiger partial charge on any atom is 0.303 e. The number of aliphatic carboxylic acids is 1. The van der Waals surface area contributed by atoms with E-state index in [2.05, 4.69) is 0 Å². The van der Waals surface area contributed by atoms with Gasteiger partial charge in [-0.25, -0.2) is 0 Å². The molecule has 0 bridgehead atoms. The minimum atomic E-state index is -0.734. The highest BCUT2D eigenvalue weighted by atomic mass is 16.4. The number of carboxylic acids is 1. The van der Waals surface area contributed by atoms with Crippen LogP contribution in [-0.2, 0) is 4.79 Å². The van der Waals surface area contributed by atoms with Crippen molar-refractivity contribution in [3.05, 3.63) is 0 Å². The lowest BCUT2D eigenvalue weighted by Gasteiger charge is -2.18. The first kappa shape index (κ1) is 20.3. The van der Waals surface area contributed by atoms with Crippen molar-refractivity contribution in [2.45, 2.75) is 95.9 Å². The third kappa shape index (κ3) is 14.1. The van der Waals surface area contributed by atoms with E-state index in [0.717, 1.165) is 44.9 Å². The van der Waals surface area contributed by atoms with Crippen LogP contribution in [0.2, 0.25) is 0 Å². The van der Waals surface area contributed by atoms with Gasteiger partial charge in [-0.2, -0.15) is 0 Å². The molecule has 0 aliphatic heterocycles. The number of hydrogen-bond acceptors (Lipinski definition) is 4. The van der Waals surface area contributed by atoms with E-state index < -0.39 is 18.2 Å². The molecule has 0 saturated heterocycles. The summed E-state index contributed by atoms with van der Waals surface area (Å²) in [7, 11) is 0. The van der Waals surface area contributed by atoms with Crippen LogP contribution in [0.15, 0.2) is 0 Å². The van der Waals surface area contributed by atoms with Gasteiger partial charge in [0.05, 0.1) is 18.3 Å². The predicted octanol–water partition coefficient (Wildman–Crippen LogP) is 2.46. The quantitative estimate of drug-likeness (QED) is 0.370. The van der Waals surface area contributed by atoms with Gasteiger partial charge in [0.25, 0.3) is 0 Å². The molecule has 3 unspecified atom stereocenters. The van der Waals surface area contributed by atoms with E-state index >= 15 is 0 Å². The van der Waals surface area contributed by atoms with E-state index in [1.807, 2.05) is 0 Å². The molecule has 3 atom stereocenters. The summed E-state index contributed by atoms with van der Waals surface area (Å²) < 4.78 is 0. The van der Waals surface area contributed by atoms with Gasteiger partial charge >= 0.3 is 5.97 Å². The van der Waals surface area contributed by atoms with Crippen molar-refractivity contribution in [2.75, 3.05) is 0 Å². The Bertz CT molecular complexity index is 255. The molecule has 0 fully saturated rings. The Labute approximate surface area is 128 Å². The molecule has 0 saturated carbocycles. The maximum atomic E-state index is 10.3. The summed E-state index contributed by atoms with van der Waals surface area (Å²) >= 11 is 0. The molecule has 0 rings (SSSR count).